The normalized spacial score (nSPS) is 17.1. The number of nitrogens with one attached hydrogen (secondary N) is 1. The van der Waals surface area contributed by atoms with E-state index in [4.69, 9.17) is 5.41 Å². The molecule has 1 fully saturated rings. The van der Waals surface area contributed by atoms with Crippen molar-refractivity contribution in [1.29, 1.82) is 5.41 Å². The fraction of sp³-hybridized carbons (Fsp3) is 0.458. The Morgan fingerprint density at radius 3 is 1.44 bits per heavy atom. The Kier molecular flexibility index (Phi) is 6.20. The van der Waals surface area contributed by atoms with Gasteiger partial charge in [0.2, 0.25) is 5.96 Å². The van der Waals surface area contributed by atoms with E-state index in [2.05, 4.69) is 86.0 Å². The van der Waals surface area contributed by atoms with E-state index in [0.717, 1.165) is 43.7 Å². The third kappa shape index (κ3) is 4.18. The predicted molar refractivity (Wildman–Crippen MR) is 117 cm³/mol. The first-order valence-corrected chi connectivity index (χ1v) is 10.4. The second-order valence-electron chi connectivity index (χ2n) is 7.78. The van der Waals surface area contributed by atoms with Crippen molar-refractivity contribution in [2.45, 2.75) is 58.8 Å². The zero-order chi connectivity index (χ0) is 19.4. The van der Waals surface area contributed by atoms with Crippen LogP contribution in [0.1, 0.15) is 69.9 Å². The molecule has 2 aromatic rings. The number of nitrogens with zero attached hydrogens (tertiary/aromatic N) is 2. The Balaban J connectivity index is 1.77. The average molecular weight is 364 g/mol. The maximum absolute atomic E-state index is 8.78. The maximum atomic E-state index is 8.78. The standard InChI is InChI=1S/C24H33N3/c1-5-18(3)20-8-12-22(13-9-20)26-16-7-17-27(24(26)25)23-14-10-21(11-15-23)19(4)6-2/h8-15,18-19,25H,5-7,16-17H2,1-4H3. The Hall–Kier alpha value is -2.29. The largest absolute Gasteiger partial charge is 0.312 e. The van der Waals surface area contributed by atoms with Crippen LogP contribution in [0.2, 0.25) is 0 Å². The number of rotatable bonds is 6. The van der Waals surface area contributed by atoms with Crippen LogP contribution in [0, 0.1) is 5.41 Å². The van der Waals surface area contributed by atoms with E-state index in [-0.39, 0.29) is 0 Å². The average Bonchev–Trinajstić information content (AvgIpc) is 2.73. The summed E-state index contributed by atoms with van der Waals surface area (Å²) in [5.74, 6) is 1.74. The predicted octanol–water partition coefficient (Wildman–Crippen LogP) is 6.37. The quantitative estimate of drug-likeness (QED) is 0.647. The summed E-state index contributed by atoms with van der Waals surface area (Å²) in [6, 6.07) is 17.6. The summed E-state index contributed by atoms with van der Waals surface area (Å²) in [6.07, 6.45) is 3.36. The number of anilines is 2. The van der Waals surface area contributed by atoms with E-state index in [1.54, 1.807) is 0 Å². The summed E-state index contributed by atoms with van der Waals surface area (Å²) in [5, 5.41) is 8.78. The van der Waals surface area contributed by atoms with Crippen LogP contribution in [0.25, 0.3) is 0 Å². The summed E-state index contributed by atoms with van der Waals surface area (Å²) in [7, 11) is 0. The molecule has 3 rings (SSSR count). The summed E-state index contributed by atoms with van der Waals surface area (Å²) >= 11 is 0. The molecule has 0 spiro atoms. The number of hydrogen-bond donors (Lipinski definition) is 1. The molecule has 0 amide bonds. The van der Waals surface area contributed by atoms with Gasteiger partial charge in [-0.25, -0.2) is 0 Å². The van der Waals surface area contributed by atoms with Gasteiger partial charge in [0, 0.05) is 24.5 Å². The van der Waals surface area contributed by atoms with Gasteiger partial charge in [-0.1, -0.05) is 52.0 Å². The van der Waals surface area contributed by atoms with Crippen molar-refractivity contribution in [1.82, 2.24) is 0 Å². The topological polar surface area (TPSA) is 30.3 Å². The third-order valence-corrected chi connectivity index (χ3v) is 6.05. The Labute approximate surface area is 164 Å². The zero-order valence-corrected chi connectivity index (χ0v) is 17.2. The summed E-state index contributed by atoms with van der Waals surface area (Å²) in [5.41, 5.74) is 4.99. The van der Waals surface area contributed by atoms with E-state index in [0.29, 0.717) is 17.8 Å². The summed E-state index contributed by atoms with van der Waals surface area (Å²) in [6.45, 7) is 10.8. The molecule has 1 N–H and O–H groups in total. The van der Waals surface area contributed by atoms with Crippen LogP contribution in [-0.4, -0.2) is 19.0 Å². The van der Waals surface area contributed by atoms with Gasteiger partial charge in [0.15, 0.2) is 0 Å². The van der Waals surface area contributed by atoms with Crippen molar-refractivity contribution >= 4 is 17.3 Å². The molecule has 27 heavy (non-hydrogen) atoms. The molecule has 1 aliphatic rings. The van der Waals surface area contributed by atoms with Crippen LogP contribution < -0.4 is 9.80 Å². The lowest BCUT2D eigenvalue weighted by molar-refractivity contribution is 0.730. The van der Waals surface area contributed by atoms with Crippen LogP contribution in [0.4, 0.5) is 11.4 Å². The molecule has 0 bridgehead atoms. The van der Waals surface area contributed by atoms with Gasteiger partial charge >= 0.3 is 0 Å². The van der Waals surface area contributed by atoms with E-state index >= 15 is 0 Å². The fourth-order valence-electron chi connectivity index (χ4n) is 3.68. The number of hydrogen-bond acceptors (Lipinski definition) is 1. The molecule has 2 aromatic carbocycles. The first-order chi connectivity index (χ1) is 13.0. The lowest BCUT2D eigenvalue weighted by Crippen LogP contribution is -2.50. The SMILES string of the molecule is CCC(C)c1ccc(N2CCCN(c3ccc(C(C)CC)cc3)C2=N)cc1. The van der Waals surface area contributed by atoms with Crippen LogP contribution in [0.3, 0.4) is 0 Å². The van der Waals surface area contributed by atoms with Crippen molar-refractivity contribution in [3.05, 3.63) is 59.7 Å². The van der Waals surface area contributed by atoms with E-state index in [1.807, 2.05) is 0 Å². The third-order valence-electron chi connectivity index (χ3n) is 6.05. The van der Waals surface area contributed by atoms with Crippen molar-refractivity contribution < 1.29 is 0 Å². The molecule has 144 valence electrons. The first kappa shape index (κ1) is 19.5. The minimum atomic E-state index is 0.578. The highest BCUT2D eigenvalue weighted by Crippen LogP contribution is 2.28. The molecular weight excluding hydrogens is 330 g/mol. The molecule has 3 nitrogen and oxygen atoms in total. The van der Waals surface area contributed by atoms with Crippen LogP contribution in [-0.2, 0) is 0 Å². The Morgan fingerprint density at radius 2 is 1.11 bits per heavy atom. The van der Waals surface area contributed by atoms with Gasteiger partial charge in [0.1, 0.15) is 0 Å². The van der Waals surface area contributed by atoms with Gasteiger partial charge in [0.25, 0.3) is 0 Å². The van der Waals surface area contributed by atoms with Gasteiger partial charge in [-0.15, -0.1) is 0 Å². The van der Waals surface area contributed by atoms with Gasteiger partial charge in [-0.05, 0) is 66.5 Å². The molecular formula is C24H33N3. The van der Waals surface area contributed by atoms with E-state index in [9.17, 15) is 0 Å². The minimum Gasteiger partial charge on any atom is -0.312 e. The molecule has 1 heterocycles. The van der Waals surface area contributed by atoms with Gasteiger partial charge in [-0.3, -0.25) is 5.41 Å². The lowest BCUT2D eigenvalue weighted by Gasteiger charge is -2.38. The van der Waals surface area contributed by atoms with E-state index in [1.165, 1.54) is 11.1 Å². The van der Waals surface area contributed by atoms with Crippen molar-refractivity contribution in [3.63, 3.8) is 0 Å². The minimum absolute atomic E-state index is 0.578. The molecule has 1 saturated heterocycles. The molecule has 0 aliphatic carbocycles. The molecule has 3 heteroatoms. The van der Waals surface area contributed by atoms with Gasteiger partial charge in [-0.2, -0.15) is 0 Å². The molecule has 2 unspecified atom stereocenters. The molecule has 2 atom stereocenters. The molecule has 0 saturated carbocycles. The first-order valence-electron chi connectivity index (χ1n) is 10.4. The second kappa shape index (κ2) is 8.60. The highest BCUT2D eigenvalue weighted by atomic mass is 15.4. The van der Waals surface area contributed by atoms with Gasteiger partial charge in [0.05, 0.1) is 0 Å². The molecule has 1 aliphatic heterocycles. The zero-order valence-electron chi connectivity index (χ0n) is 17.2. The maximum Gasteiger partial charge on any atom is 0.202 e. The summed E-state index contributed by atoms with van der Waals surface area (Å²) < 4.78 is 0. The number of guanidine groups is 1. The monoisotopic (exact) mass is 363 g/mol. The van der Waals surface area contributed by atoms with Gasteiger partial charge < -0.3 is 9.80 Å². The smallest absolute Gasteiger partial charge is 0.202 e. The van der Waals surface area contributed by atoms with Crippen LogP contribution in [0.15, 0.2) is 48.5 Å². The van der Waals surface area contributed by atoms with Crippen LogP contribution >= 0.6 is 0 Å². The number of benzene rings is 2. The van der Waals surface area contributed by atoms with Crippen LogP contribution in [0.5, 0.6) is 0 Å². The van der Waals surface area contributed by atoms with Crippen molar-refractivity contribution in [3.8, 4) is 0 Å². The highest BCUT2D eigenvalue weighted by molar-refractivity contribution is 6.05. The Bertz CT molecular complexity index is 685. The molecule has 0 aromatic heterocycles. The molecule has 0 radical (unpaired) electrons. The summed E-state index contributed by atoms with van der Waals surface area (Å²) in [4.78, 5) is 4.26. The lowest BCUT2D eigenvalue weighted by atomic mass is 9.98. The second-order valence-corrected chi connectivity index (χ2v) is 7.78. The Morgan fingerprint density at radius 1 is 0.741 bits per heavy atom. The fourth-order valence-corrected chi connectivity index (χ4v) is 3.68. The van der Waals surface area contributed by atoms with E-state index < -0.39 is 0 Å². The van der Waals surface area contributed by atoms with Crippen molar-refractivity contribution in [2.75, 3.05) is 22.9 Å². The van der Waals surface area contributed by atoms with Crippen molar-refractivity contribution in [2.24, 2.45) is 0 Å². The highest BCUT2D eigenvalue weighted by Gasteiger charge is 2.25.